The van der Waals surface area contributed by atoms with Crippen LogP contribution < -0.4 is 5.32 Å². The number of pyridine rings is 1. The second-order valence-electron chi connectivity index (χ2n) is 7.09. The zero-order valence-electron chi connectivity index (χ0n) is 16.8. The number of amides is 1. The van der Waals surface area contributed by atoms with Crippen molar-refractivity contribution in [3.05, 3.63) is 113 Å². The Bertz CT molecular complexity index is 1270. The van der Waals surface area contributed by atoms with E-state index in [4.69, 9.17) is 0 Å². The molecule has 4 heteroatoms. The number of nitrogens with zero attached hydrogens (tertiary/aromatic N) is 1. The first-order valence-corrected chi connectivity index (χ1v) is 10.00. The fourth-order valence-corrected chi connectivity index (χ4v) is 3.33. The molecule has 0 aliphatic rings. The number of nitrogens with one attached hydrogen (secondary N) is 1. The van der Waals surface area contributed by atoms with E-state index in [0.29, 0.717) is 23.2 Å². The minimum absolute atomic E-state index is 0.325. The zero-order chi connectivity index (χ0) is 21.5. The highest BCUT2D eigenvalue weighted by Gasteiger charge is 2.17. The molecule has 0 bridgehead atoms. The molecule has 0 saturated carbocycles. The van der Waals surface area contributed by atoms with Crippen molar-refractivity contribution in [2.45, 2.75) is 12.5 Å². The third kappa shape index (κ3) is 5.04. The molecule has 1 amide bonds. The molecule has 1 N–H and O–H groups in total. The molecule has 150 valence electrons. The van der Waals surface area contributed by atoms with Gasteiger partial charge in [0.25, 0.3) is 5.91 Å². The average Bonchev–Trinajstić information content (AvgIpc) is 2.83. The maximum atomic E-state index is 13.1. The van der Waals surface area contributed by atoms with E-state index in [0.717, 1.165) is 22.8 Å². The first-order chi connectivity index (χ1) is 15.2. The molecule has 1 atom stereocenters. The summed E-state index contributed by atoms with van der Waals surface area (Å²) < 4.78 is 0. The third-order valence-electron chi connectivity index (χ3n) is 4.85. The number of aromatic nitrogens is 1. The zero-order valence-corrected chi connectivity index (χ0v) is 16.8. The predicted octanol–water partition coefficient (Wildman–Crippen LogP) is 4.17. The van der Waals surface area contributed by atoms with Gasteiger partial charge in [0, 0.05) is 10.9 Å². The van der Waals surface area contributed by atoms with Crippen molar-refractivity contribution in [1.82, 2.24) is 10.3 Å². The lowest BCUT2D eigenvalue weighted by Gasteiger charge is -2.14. The second-order valence-corrected chi connectivity index (χ2v) is 7.09. The molecule has 31 heavy (non-hydrogen) atoms. The number of aldehydes is 1. The van der Waals surface area contributed by atoms with Gasteiger partial charge in [-0.15, -0.1) is 0 Å². The molecule has 0 aliphatic heterocycles. The first-order valence-electron chi connectivity index (χ1n) is 10.00. The van der Waals surface area contributed by atoms with Gasteiger partial charge in [-0.3, -0.25) is 4.79 Å². The van der Waals surface area contributed by atoms with Gasteiger partial charge in [0.05, 0.1) is 17.1 Å². The van der Waals surface area contributed by atoms with Crippen molar-refractivity contribution in [2.24, 2.45) is 0 Å². The minimum Gasteiger partial charge on any atom is -0.342 e. The molecule has 1 aromatic heterocycles. The van der Waals surface area contributed by atoms with Crippen molar-refractivity contribution in [3.8, 4) is 11.8 Å². The van der Waals surface area contributed by atoms with E-state index in [1.807, 2.05) is 84.9 Å². The number of carbonyl (C=O) groups is 2. The van der Waals surface area contributed by atoms with Crippen LogP contribution in [-0.2, 0) is 11.2 Å². The summed E-state index contributed by atoms with van der Waals surface area (Å²) in [6, 6.07) is 27.7. The van der Waals surface area contributed by atoms with Crippen molar-refractivity contribution >= 4 is 23.1 Å². The van der Waals surface area contributed by atoms with Crippen LogP contribution in [0.2, 0.25) is 0 Å². The van der Waals surface area contributed by atoms with Gasteiger partial charge in [0.1, 0.15) is 12.0 Å². The number of fused-ring (bicyclic) bond motifs is 1. The van der Waals surface area contributed by atoms with Crippen LogP contribution in [0.5, 0.6) is 0 Å². The van der Waals surface area contributed by atoms with Gasteiger partial charge in [0.2, 0.25) is 0 Å². The van der Waals surface area contributed by atoms with Crippen LogP contribution in [-0.4, -0.2) is 23.2 Å². The van der Waals surface area contributed by atoms with Gasteiger partial charge < -0.3 is 10.1 Å². The maximum absolute atomic E-state index is 13.1. The summed E-state index contributed by atoms with van der Waals surface area (Å²) in [6.07, 6.45) is 1.20. The van der Waals surface area contributed by atoms with Gasteiger partial charge in [-0.25, -0.2) is 4.98 Å². The molecule has 3 aromatic carbocycles. The number of carbonyl (C=O) groups excluding carboxylic acids is 2. The summed E-state index contributed by atoms with van der Waals surface area (Å²) in [6.45, 7) is 0. The molecular weight excluding hydrogens is 384 g/mol. The molecule has 4 aromatic rings. The molecule has 0 spiro atoms. The largest absolute Gasteiger partial charge is 0.342 e. The number of rotatable bonds is 5. The number of hydrogen-bond donors (Lipinski definition) is 1. The van der Waals surface area contributed by atoms with Crippen molar-refractivity contribution in [3.63, 3.8) is 0 Å². The third-order valence-corrected chi connectivity index (χ3v) is 4.85. The Morgan fingerprint density at radius 1 is 0.903 bits per heavy atom. The van der Waals surface area contributed by atoms with Crippen LogP contribution in [0, 0.1) is 11.8 Å². The van der Waals surface area contributed by atoms with Crippen LogP contribution in [0.15, 0.2) is 91.0 Å². The van der Waals surface area contributed by atoms with E-state index in [2.05, 4.69) is 22.1 Å². The fraction of sp³-hybridized carbons (Fsp3) is 0.0741. The topological polar surface area (TPSA) is 59.1 Å². The van der Waals surface area contributed by atoms with Crippen molar-refractivity contribution in [1.29, 1.82) is 0 Å². The standard InChI is InChI=1S/C27H20N2O2/c30-19-23(17-21-11-5-2-6-12-21)29-27(31)25-18-22(16-15-20-9-3-1-4-10-20)28-26-14-8-7-13-24(25)26/h1-14,18-19,23H,17H2,(H,29,31). The van der Waals surface area contributed by atoms with Crippen LogP contribution in [0.1, 0.15) is 27.2 Å². The van der Waals surface area contributed by atoms with Crippen molar-refractivity contribution in [2.75, 3.05) is 0 Å². The Kier molecular flexibility index (Phi) is 6.16. The van der Waals surface area contributed by atoms with Crippen LogP contribution in [0.25, 0.3) is 10.9 Å². The van der Waals surface area contributed by atoms with Gasteiger partial charge in [0.15, 0.2) is 0 Å². The average molecular weight is 404 g/mol. The molecule has 4 nitrogen and oxygen atoms in total. The maximum Gasteiger partial charge on any atom is 0.252 e. The lowest BCUT2D eigenvalue weighted by atomic mass is 10.0. The van der Waals surface area contributed by atoms with Crippen molar-refractivity contribution < 1.29 is 9.59 Å². The summed E-state index contributed by atoms with van der Waals surface area (Å²) in [7, 11) is 0. The molecule has 0 fully saturated rings. The normalized spacial score (nSPS) is 11.2. The summed E-state index contributed by atoms with van der Waals surface area (Å²) in [5, 5.41) is 3.56. The first kappa shape index (κ1) is 20.1. The van der Waals surface area contributed by atoms with E-state index in [1.165, 1.54) is 0 Å². The Morgan fingerprint density at radius 3 is 2.32 bits per heavy atom. The Labute approximate surface area is 181 Å². The van der Waals surface area contributed by atoms with E-state index in [1.54, 1.807) is 6.07 Å². The molecule has 0 aliphatic carbocycles. The molecule has 1 unspecified atom stereocenters. The lowest BCUT2D eigenvalue weighted by molar-refractivity contribution is -0.109. The van der Waals surface area contributed by atoms with E-state index in [-0.39, 0.29) is 5.91 Å². The highest BCUT2D eigenvalue weighted by molar-refractivity contribution is 6.07. The van der Waals surface area contributed by atoms with Gasteiger partial charge >= 0.3 is 0 Å². The summed E-state index contributed by atoms with van der Waals surface area (Å²) in [4.78, 5) is 29.3. The van der Waals surface area contributed by atoms with Gasteiger partial charge in [-0.05, 0) is 42.2 Å². The highest BCUT2D eigenvalue weighted by Crippen LogP contribution is 2.18. The van der Waals surface area contributed by atoms with Gasteiger partial charge in [-0.1, -0.05) is 72.7 Å². The van der Waals surface area contributed by atoms with E-state index < -0.39 is 6.04 Å². The number of hydrogen-bond acceptors (Lipinski definition) is 3. The second kappa shape index (κ2) is 9.51. The quantitative estimate of drug-likeness (QED) is 0.401. The molecule has 4 rings (SSSR count). The minimum atomic E-state index is -0.624. The summed E-state index contributed by atoms with van der Waals surface area (Å²) in [5.74, 6) is 5.80. The monoisotopic (exact) mass is 404 g/mol. The van der Waals surface area contributed by atoms with E-state index in [9.17, 15) is 9.59 Å². The Balaban J connectivity index is 1.64. The van der Waals surface area contributed by atoms with Crippen LogP contribution in [0.3, 0.4) is 0 Å². The van der Waals surface area contributed by atoms with Crippen LogP contribution >= 0.6 is 0 Å². The smallest absolute Gasteiger partial charge is 0.252 e. The lowest BCUT2D eigenvalue weighted by Crippen LogP contribution is -2.37. The molecule has 1 heterocycles. The predicted molar refractivity (Wildman–Crippen MR) is 122 cm³/mol. The summed E-state index contributed by atoms with van der Waals surface area (Å²) in [5.41, 5.74) is 3.47. The van der Waals surface area contributed by atoms with E-state index >= 15 is 0 Å². The molecule has 0 saturated heterocycles. The summed E-state index contributed by atoms with van der Waals surface area (Å²) >= 11 is 0. The SMILES string of the molecule is O=CC(Cc1ccccc1)NC(=O)c1cc(C#Cc2ccccc2)nc2ccccc12. The fourth-order valence-electron chi connectivity index (χ4n) is 3.33. The van der Waals surface area contributed by atoms with Gasteiger partial charge in [-0.2, -0.15) is 0 Å². The molecule has 0 radical (unpaired) electrons. The highest BCUT2D eigenvalue weighted by atomic mass is 16.2. The Hall–Kier alpha value is -4.23. The number of benzene rings is 3. The van der Waals surface area contributed by atoms with Crippen LogP contribution in [0.4, 0.5) is 0 Å². The Morgan fingerprint density at radius 2 is 1.58 bits per heavy atom. The number of para-hydroxylation sites is 1. The molecular formula is C27H20N2O2.